The zero-order valence-electron chi connectivity index (χ0n) is 24.2. The van der Waals surface area contributed by atoms with Crippen molar-refractivity contribution in [3.05, 3.63) is 97.1 Å². The molecule has 4 aromatic rings. The minimum absolute atomic E-state index is 0.0278. The zero-order valence-corrected chi connectivity index (χ0v) is 25.0. The maximum absolute atomic E-state index is 13.9. The number of nitrogen functional groups attached to an aromatic ring is 1. The van der Waals surface area contributed by atoms with E-state index in [0.717, 1.165) is 48.3 Å². The third-order valence-electron chi connectivity index (χ3n) is 7.90. The third-order valence-corrected chi connectivity index (χ3v) is 9.24. The lowest BCUT2D eigenvalue weighted by atomic mass is 10.0. The molecule has 0 aromatic heterocycles. The molecule has 0 radical (unpaired) electrons. The number of carbonyl (C=O) groups is 2. The monoisotopic (exact) mass is 599 g/mol. The Hall–Kier alpha value is -4.41. The van der Waals surface area contributed by atoms with Gasteiger partial charge in [0.05, 0.1) is 4.90 Å². The van der Waals surface area contributed by atoms with E-state index in [9.17, 15) is 18.0 Å². The Morgan fingerprint density at radius 1 is 0.860 bits per heavy atom. The molecular weight excluding hydrogens is 562 g/mol. The van der Waals surface area contributed by atoms with Gasteiger partial charge < -0.3 is 15.5 Å². The normalized spacial score (nSPS) is 14.8. The lowest BCUT2D eigenvalue weighted by Crippen LogP contribution is -2.49. The Balaban J connectivity index is 1.32. The first-order chi connectivity index (χ1) is 20.7. The quantitative estimate of drug-likeness (QED) is 0.208. The molecule has 3 N–H and O–H groups in total. The molecule has 1 saturated heterocycles. The van der Waals surface area contributed by atoms with Gasteiger partial charge in [0.1, 0.15) is 5.92 Å². The molecule has 1 aliphatic rings. The van der Waals surface area contributed by atoms with E-state index in [1.165, 1.54) is 17.0 Å². The van der Waals surface area contributed by atoms with Crippen molar-refractivity contribution in [3.63, 3.8) is 0 Å². The van der Waals surface area contributed by atoms with Crippen LogP contribution in [0.3, 0.4) is 0 Å². The van der Waals surface area contributed by atoms with E-state index in [1.54, 1.807) is 18.2 Å². The Morgan fingerprint density at radius 3 is 2.19 bits per heavy atom. The smallest absolute Gasteiger partial charge is 0.264 e. The summed E-state index contributed by atoms with van der Waals surface area (Å²) in [6.07, 6.45) is 0.184. The topological polar surface area (TPSA) is 116 Å². The molecule has 43 heavy (non-hydrogen) atoms. The minimum Gasteiger partial charge on any atom is -0.399 e. The second-order valence-corrected chi connectivity index (χ2v) is 12.3. The first kappa shape index (κ1) is 30.1. The molecule has 9 nitrogen and oxygen atoms in total. The van der Waals surface area contributed by atoms with Crippen molar-refractivity contribution in [3.8, 4) is 0 Å². The van der Waals surface area contributed by atoms with Crippen molar-refractivity contribution >= 4 is 49.7 Å². The number of amides is 2. The largest absolute Gasteiger partial charge is 0.399 e. The number of benzene rings is 4. The number of nitrogens with two attached hydrogens (primary N) is 1. The fourth-order valence-corrected chi connectivity index (χ4v) is 6.51. The number of nitrogens with zero attached hydrogens (tertiary/aromatic N) is 3. The summed E-state index contributed by atoms with van der Waals surface area (Å²) in [7, 11) is -4.21. The fourth-order valence-electron chi connectivity index (χ4n) is 5.45. The van der Waals surface area contributed by atoms with Crippen LogP contribution in [0.5, 0.6) is 0 Å². The van der Waals surface area contributed by atoms with Crippen LogP contribution in [0.15, 0.2) is 102 Å². The molecule has 4 aromatic carbocycles. The van der Waals surface area contributed by atoms with Crippen LogP contribution in [0.25, 0.3) is 10.8 Å². The molecule has 1 unspecified atom stereocenters. The van der Waals surface area contributed by atoms with Gasteiger partial charge in [-0.25, -0.2) is 13.1 Å². The summed E-state index contributed by atoms with van der Waals surface area (Å²) >= 11 is 0. The highest BCUT2D eigenvalue weighted by molar-refractivity contribution is 7.90. The number of piperazine rings is 1. The standard InChI is InChI=1S/C33H37N5O4S/c1-2-38(29-10-4-3-5-11-29)33(40)31(18-19-36-20-22-37(23-21-36)28-15-13-27(34)14-16-28)32(39)35-43(41,42)30-17-12-25-8-6-7-9-26(25)24-30/h3-17,24,31H,2,18-23,34H2,1H3,(H,35,39). The number of fused-ring (bicyclic) bond motifs is 1. The highest BCUT2D eigenvalue weighted by Crippen LogP contribution is 2.23. The number of sulfonamides is 1. The predicted octanol–water partition coefficient (Wildman–Crippen LogP) is 4.11. The molecule has 5 rings (SSSR count). The maximum atomic E-state index is 13.9. The van der Waals surface area contributed by atoms with Gasteiger partial charge >= 0.3 is 0 Å². The van der Waals surface area contributed by atoms with Crippen molar-refractivity contribution in [1.29, 1.82) is 0 Å². The van der Waals surface area contributed by atoms with Gasteiger partial charge in [0.15, 0.2) is 0 Å². The highest BCUT2D eigenvalue weighted by atomic mass is 32.2. The van der Waals surface area contributed by atoms with Crippen LogP contribution in [-0.4, -0.2) is 64.4 Å². The molecule has 0 spiro atoms. The van der Waals surface area contributed by atoms with E-state index in [1.807, 2.05) is 73.7 Å². The molecule has 0 saturated carbocycles. The van der Waals surface area contributed by atoms with Gasteiger partial charge in [-0.05, 0) is 79.2 Å². The molecule has 1 atom stereocenters. The van der Waals surface area contributed by atoms with E-state index in [2.05, 4.69) is 14.5 Å². The number of carbonyl (C=O) groups excluding carboxylic acids is 2. The molecular formula is C33H37N5O4S. The van der Waals surface area contributed by atoms with Crippen molar-refractivity contribution in [2.24, 2.45) is 5.92 Å². The van der Waals surface area contributed by atoms with E-state index in [0.29, 0.717) is 18.8 Å². The molecule has 224 valence electrons. The number of rotatable bonds is 10. The summed E-state index contributed by atoms with van der Waals surface area (Å²) in [6.45, 7) is 5.72. The summed E-state index contributed by atoms with van der Waals surface area (Å²) in [6, 6.07) is 29.0. The fraction of sp³-hybridized carbons (Fsp3) is 0.273. The highest BCUT2D eigenvalue weighted by Gasteiger charge is 2.34. The van der Waals surface area contributed by atoms with Crippen LogP contribution in [0.4, 0.5) is 17.1 Å². The van der Waals surface area contributed by atoms with Crippen LogP contribution in [0, 0.1) is 5.92 Å². The van der Waals surface area contributed by atoms with Gasteiger partial charge in [-0.1, -0.05) is 48.5 Å². The number of nitrogens with one attached hydrogen (secondary N) is 1. The first-order valence-electron chi connectivity index (χ1n) is 14.5. The number of anilines is 3. The molecule has 1 aliphatic heterocycles. The van der Waals surface area contributed by atoms with Gasteiger partial charge in [-0.3, -0.25) is 14.5 Å². The average Bonchev–Trinajstić information content (AvgIpc) is 3.02. The maximum Gasteiger partial charge on any atom is 0.264 e. The third kappa shape index (κ3) is 7.15. The summed E-state index contributed by atoms with van der Waals surface area (Å²) in [5.41, 5.74) is 8.30. The lowest BCUT2D eigenvalue weighted by molar-refractivity contribution is -0.133. The first-order valence-corrected chi connectivity index (χ1v) is 16.0. The van der Waals surface area contributed by atoms with E-state index in [4.69, 9.17) is 5.73 Å². The van der Waals surface area contributed by atoms with Crippen LogP contribution >= 0.6 is 0 Å². The van der Waals surface area contributed by atoms with Gasteiger partial charge in [0, 0.05) is 49.8 Å². The Morgan fingerprint density at radius 2 is 1.51 bits per heavy atom. The Bertz CT molecular complexity index is 1670. The van der Waals surface area contributed by atoms with Gasteiger partial charge in [-0.15, -0.1) is 0 Å². The van der Waals surface area contributed by atoms with Crippen LogP contribution in [0.2, 0.25) is 0 Å². The lowest BCUT2D eigenvalue weighted by Gasteiger charge is -2.36. The molecule has 0 bridgehead atoms. The van der Waals surface area contributed by atoms with E-state index in [-0.39, 0.29) is 11.3 Å². The number of para-hydroxylation sites is 1. The van der Waals surface area contributed by atoms with Crippen molar-refractivity contribution < 1.29 is 18.0 Å². The molecule has 10 heteroatoms. The molecule has 1 fully saturated rings. The average molecular weight is 600 g/mol. The van der Waals surface area contributed by atoms with Crippen LogP contribution in [0.1, 0.15) is 13.3 Å². The summed E-state index contributed by atoms with van der Waals surface area (Å²) in [4.78, 5) is 33.5. The van der Waals surface area contributed by atoms with Gasteiger partial charge in [-0.2, -0.15) is 0 Å². The SMILES string of the molecule is CCN(C(=O)C(CCN1CCN(c2ccc(N)cc2)CC1)C(=O)NS(=O)(=O)c1ccc2ccccc2c1)c1ccccc1. The van der Waals surface area contributed by atoms with E-state index >= 15 is 0 Å². The van der Waals surface area contributed by atoms with Gasteiger partial charge in [0.25, 0.3) is 10.0 Å². The Kier molecular flexibility index (Phi) is 9.27. The summed E-state index contributed by atoms with van der Waals surface area (Å²) in [5.74, 6) is -2.45. The summed E-state index contributed by atoms with van der Waals surface area (Å²) in [5, 5.41) is 1.63. The Labute approximate surface area is 252 Å². The van der Waals surface area contributed by atoms with Crippen molar-refractivity contribution in [2.75, 3.05) is 54.8 Å². The van der Waals surface area contributed by atoms with Crippen molar-refractivity contribution in [1.82, 2.24) is 9.62 Å². The van der Waals surface area contributed by atoms with Crippen LogP contribution in [-0.2, 0) is 19.6 Å². The van der Waals surface area contributed by atoms with Crippen LogP contribution < -0.4 is 20.3 Å². The molecule has 1 heterocycles. The minimum atomic E-state index is -4.21. The molecule has 0 aliphatic carbocycles. The molecule has 2 amide bonds. The summed E-state index contributed by atoms with van der Waals surface area (Å²) < 4.78 is 28.9. The second kappa shape index (κ2) is 13.3. The second-order valence-electron chi connectivity index (χ2n) is 10.7. The van der Waals surface area contributed by atoms with E-state index < -0.39 is 27.8 Å². The van der Waals surface area contributed by atoms with Gasteiger partial charge in [0.2, 0.25) is 11.8 Å². The zero-order chi connectivity index (χ0) is 30.4. The number of hydrogen-bond acceptors (Lipinski definition) is 7. The number of hydrogen-bond donors (Lipinski definition) is 2. The van der Waals surface area contributed by atoms with Crippen molar-refractivity contribution in [2.45, 2.75) is 18.2 Å². The predicted molar refractivity (Wildman–Crippen MR) is 171 cm³/mol.